The molecule has 0 bridgehead atoms. The molecule has 0 saturated carbocycles. The number of ether oxygens (including phenoxy) is 4. The van der Waals surface area contributed by atoms with Crippen LogP contribution in [-0.2, 0) is 93.1 Å². The van der Waals surface area contributed by atoms with Gasteiger partial charge in [0.25, 0.3) is 5.91 Å². The van der Waals surface area contributed by atoms with Crippen LogP contribution in [0.5, 0.6) is 11.5 Å². The molecule has 0 saturated heterocycles. The smallest absolute Gasteiger partial charge is 0.485 e. The van der Waals surface area contributed by atoms with E-state index in [-0.39, 0.29) is 57.6 Å². The summed E-state index contributed by atoms with van der Waals surface area (Å²) < 4.78 is 55.6. The first-order valence-electron chi connectivity index (χ1n) is 23.7. The summed E-state index contributed by atoms with van der Waals surface area (Å²) in [5.41, 5.74) is 5.22. The number of aliphatic hydroxyl groups is 1. The molecule has 1 amide bonds. The minimum Gasteiger partial charge on any atom is -0.485 e. The van der Waals surface area contributed by atoms with Gasteiger partial charge in [0, 0.05) is 6.42 Å². The lowest BCUT2D eigenvalue weighted by Gasteiger charge is -2.32. The monoisotopic (exact) mass is 1020 g/mol. The van der Waals surface area contributed by atoms with Crippen molar-refractivity contribution in [3.63, 3.8) is 0 Å². The summed E-state index contributed by atoms with van der Waals surface area (Å²) in [4.78, 5) is 55.2. The van der Waals surface area contributed by atoms with Crippen LogP contribution in [0.25, 0.3) is 0 Å². The van der Waals surface area contributed by atoms with E-state index in [1.807, 2.05) is 97.1 Å². The van der Waals surface area contributed by atoms with Gasteiger partial charge in [0.2, 0.25) is 0 Å². The maximum Gasteiger partial charge on any atom is 0.530 e. The molecule has 0 aliphatic heterocycles. The molecule has 0 aliphatic carbocycles. The molecule has 0 heterocycles. The maximum absolute atomic E-state index is 14.6. The van der Waals surface area contributed by atoms with Crippen molar-refractivity contribution in [3.05, 3.63) is 239 Å². The molecule has 74 heavy (non-hydrogen) atoms. The van der Waals surface area contributed by atoms with Gasteiger partial charge in [-0.05, 0) is 58.0 Å². The molecule has 15 nitrogen and oxygen atoms in total. The van der Waals surface area contributed by atoms with E-state index in [0.717, 1.165) is 16.7 Å². The number of carbonyl (C=O) groups excluding carboxylic acids is 4. The number of phosphoric acid groups is 1. The fraction of sp³-hybridized carbons (Fsp3) is 0.207. The van der Waals surface area contributed by atoms with Crippen LogP contribution in [0.4, 0.5) is 0 Å². The molecule has 0 spiro atoms. The zero-order valence-corrected chi connectivity index (χ0v) is 41.6. The summed E-state index contributed by atoms with van der Waals surface area (Å²) in [5, 5.41) is 12.0. The Morgan fingerprint density at radius 3 is 1.27 bits per heavy atom. The number of amides is 1. The van der Waals surface area contributed by atoms with Crippen LogP contribution in [0.1, 0.15) is 58.7 Å². The number of hydrogen-bond acceptors (Lipinski definition) is 14. The molecule has 3 N–H and O–H groups in total. The fourth-order valence-corrected chi connectivity index (χ4v) is 8.49. The second-order valence-electron chi connectivity index (χ2n) is 17.4. The Kier molecular flexibility index (Phi) is 19.4. The molecule has 7 aromatic carbocycles. The van der Waals surface area contributed by atoms with Crippen LogP contribution in [-0.4, -0.2) is 40.1 Å². The van der Waals surface area contributed by atoms with Crippen molar-refractivity contribution in [2.45, 2.75) is 77.0 Å². The summed E-state index contributed by atoms with van der Waals surface area (Å²) in [6.07, 6.45) is -2.13. The fourth-order valence-electron chi connectivity index (χ4n) is 7.30. The molecule has 0 radical (unpaired) electrons. The van der Waals surface area contributed by atoms with Crippen molar-refractivity contribution < 1.29 is 61.4 Å². The van der Waals surface area contributed by atoms with Crippen molar-refractivity contribution in [2.75, 3.05) is 0 Å². The van der Waals surface area contributed by atoms with Crippen molar-refractivity contribution in [2.24, 2.45) is 0 Å². The van der Waals surface area contributed by atoms with Crippen molar-refractivity contribution in [1.29, 1.82) is 0 Å². The first kappa shape index (κ1) is 53.9. The van der Waals surface area contributed by atoms with Crippen LogP contribution in [0, 0.1) is 0 Å². The van der Waals surface area contributed by atoms with Crippen molar-refractivity contribution in [3.8, 4) is 11.5 Å². The van der Waals surface area contributed by atoms with Crippen LogP contribution in [0.3, 0.4) is 0 Å². The largest absolute Gasteiger partial charge is 0.530 e. The van der Waals surface area contributed by atoms with Gasteiger partial charge in [-0.1, -0.05) is 188 Å². The third kappa shape index (κ3) is 16.8. The number of carbonyl (C=O) groups is 4. The quantitative estimate of drug-likeness (QED) is 0.0191. The average molecular weight is 1020 g/mol. The lowest BCUT2D eigenvalue weighted by Crippen LogP contribution is -2.63. The minimum atomic E-state index is -4.41. The van der Waals surface area contributed by atoms with E-state index in [4.69, 9.17) is 32.5 Å². The molecule has 7 aromatic rings. The van der Waals surface area contributed by atoms with E-state index >= 15 is 0 Å². The van der Waals surface area contributed by atoms with Gasteiger partial charge in [-0.15, -0.1) is 0 Å². The Morgan fingerprint density at radius 2 is 0.851 bits per heavy atom. The van der Waals surface area contributed by atoms with E-state index in [1.54, 1.807) is 97.1 Å². The van der Waals surface area contributed by atoms with Crippen LogP contribution in [0.2, 0.25) is 0 Å². The molecule has 1 atom stereocenters. The SMILES string of the molecule is C[C@@](Cc1ccc(OP(=O)(OCc2ccccc2)OCc2ccccc2)c(OCc2ccccc2)c1)(NNC(=O)C(O)(CC(=O)OCc1ccccc1)CC(=O)OCc1ccccc1)C(=O)OCc1ccccc1. The second kappa shape index (κ2) is 26.7. The Bertz CT molecular complexity index is 2830. The average Bonchev–Trinajstić information content (AvgIpc) is 3.43. The van der Waals surface area contributed by atoms with Gasteiger partial charge in [-0.25, -0.2) is 14.8 Å². The highest BCUT2D eigenvalue weighted by atomic mass is 31.2. The number of rotatable bonds is 27. The molecule has 0 aliphatic rings. The van der Waals surface area contributed by atoms with Gasteiger partial charge in [-0.2, -0.15) is 0 Å². The van der Waals surface area contributed by atoms with Gasteiger partial charge in [0.05, 0.1) is 26.1 Å². The Morgan fingerprint density at radius 1 is 0.473 bits per heavy atom. The van der Waals surface area contributed by atoms with Gasteiger partial charge < -0.3 is 28.6 Å². The molecule has 0 fully saturated rings. The number of hydrogen-bond donors (Lipinski definition) is 3. The molecule has 382 valence electrons. The highest BCUT2D eigenvalue weighted by Gasteiger charge is 2.44. The number of phosphoric ester groups is 1. The lowest BCUT2D eigenvalue weighted by atomic mass is 9.92. The van der Waals surface area contributed by atoms with Crippen LogP contribution < -0.4 is 20.1 Å². The molecule has 7 rings (SSSR count). The van der Waals surface area contributed by atoms with E-state index in [9.17, 15) is 28.8 Å². The number of hydrazine groups is 1. The normalized spacial score (nSPS) is 12.1. The second-order valence-corrected chi connectivity index (χ2v) is 19.0. The number of nitrogens with one attached hydrogen (secondary N) is 2. The van der Waals surface area contributed by atoms with Crippen molar-refractivity contribution in [1.82, 2.24) is 10.9 Å². The molecule has 16 heteroatoms. The van der Waals surface area contributed by atoms with Crippen LogP contribution >= 0.6 is 7.82 Å². The molecule has 0 aromatic heterocycles. The van der Waals surface area contributed by atoms with E-state index in [1.165, 1.54) is 13.0 Å². The van der Waals surface area contributed by atoms with Gasteiger partial charge in [0.15, 0.2) is 17.1 Å². The Hall–Kier alpha value is -7.91. The van der Waals surface area contributed by atoms with Gasteiger partial charge in [0.1, 0.15) is 32.0 Å². The van der Waals surface area contributed by atoms with E-state index in [0.29, 0.717) is 22.3 Å². The first-order chi connectivity index (χ1) is 35.9. The van der Waals surface area contributed by atoms with Crippen molar-refractivity contribution >= 4 is 31.6 Å². The summed E-state index contributed by atoms with van der Waals surface area (Å²) in [7, 11) is -4.41. The number of benzene rings is 7. The maximum atomic E-state index is 14.6. The summed E-state index contributed by atoms with van der Waals surface area (Å²) in [6, 6.07) is 58.7. The van der Waals surface area contributed by atoms with Gasteiger partial charge >= 0.3 is 25.7 Å². The molecular weight excluding hydrogens is 964 g/mol. The van der Waals surface area contributed by atoms with Gasteiger partial charge in [-0.3, -0.25) is 28.9 Å². The lowest BCUT2D eigenvalue weighted by molar-refractivity contribution is -0.166. The highest BCUT2D eigenvalue weighted by Crippen LogP contribution is 2.53. The predicted molar refractivity (Wildman–Crippen MR) is 274 cm³/mol. The number of esters is 3. The summed E-state index contributed by atoms with van der Waals surface area (Å²) in [5.74, 6) is -3.97. The topological polar surface area (TPSA) is 194 Å². The molecular formula is C58H57N2O13P. The first-order valence-corrected chi connectivity index (χ1v) is 25.2. The third-order valence-electron chi connectivity index (χ3n) is 11.4. The summed E-state index contributed by atoms with van der Waals surface area (Å²) >= 11 is 0. The van der Waals surface area contributed by atoms with Crippen LogP contribution in [0.15, 0.2) is 200 Å². The Balaban J connectivity index is 1.16. The minimum absolute atomic E-state index is 0.00729. The van der Waals surface area contributed by atoms with E-state index < -0.39 is 55.6 Å². The zero-order valence-electron chi connectivity index (χ0n) is 40.7. The zero-order chi connectivity index (χ0) is 52.1. The van der Waals surface area contributed by atoms with E-state index in [2.05, 4.69) is 10.9 Å². The standard InChI is InChI=1S/C58H57N2O13P/c1-57(56(64)70-41-47-26-14-5-15-27-47,60-59-55(63)58(65,36-53(61)68-39-45-22-10-3-11-23-45)37-54(62)69-40-46-24-12-4-13-25-46)35-50-32-33-51(52(34-50)67-38-44-20-8-2-9-21-44)73-74(66,71-42-48-28-16-6-17-29-48)72-43-49-30-18-7-19-31-49/h2-34,60,65H,35-43H2,1H3,(H,59,63)/t57-/m0/s1. The highest BCUT2D eigenvalue weighted by molar-refractivity contribution is 7.48. The summed E-state index contributed by atoms with van der Waals surface area (Å²) in [6.45, 7) is 0.814. The Labute approximate surface area is 429 Å². The predicted octanol–water partition coefficient (Wildman–Crippen LogP) is 9.85. The molecule has 0 unspecified atom stereocenters. The third-order valence-corrected chi connectivity index (χ3v) is 12.7.